The minimum atomic E-state index is 0.0108. The van der Waals surface area contributed by atoms with Gasteiger partial charge in [0.1, 0.15) is 10.4 Å². The van der Waals surface area contributed by atoms with Crippen LogP contribution < -0.4 is 5.32 Å². The molecule has 1 aromatic heterocycles. The molecule has 0 aliphatic heterocycles. The molecule has 0 radical (unpaired) electrons. The van der Waals surface area contributed by atoms with E-state index in [9.17, 15) is 5.11 Å². The second-order valence-electron chi connectivity index (χ2n) is 3.77. The quantitative estimate of drug-likeness (QED) is 0.848. The number of hydrogen-bond acceptors (Lipinski definition) is 3. The van der Waals surface area contributed by atoms with Crippen LogP contribution in [0.2, 0.25) is 0 Å². The average molecular weight is 293 g/mol. The van der Waals surface area contributed by atoms with Gasteiger partial charge in [-0.05, 0) is 41.1 Å². The first kappa shape index (κ1) is 11.9. The van der Waals surface area contributed by atoms with Gasteiger partial charge in [-0.1, -0.05) is 18.2 Å². The Hall–Kier alpha value is -1.55. The summed E-state index contributed by atoms with van der Waals surface area (Å²) in [6.07, 6.45) is 1.72. The molecule has 0 bridgehead atoms. The van der Waals surface area contributed by atoms with Gasteiger partial charge < -0.3 is 10.4 Å². The number of rotatable bonds is 3. The van der Waals surface area contributed by atoms with Crippen LogP contribution in [-0.2, 0) is 0 Å². The lowest BCUT2D eigenvalue weighted by Crippen LogP contribution is -2.07. The summed E-state index contributed by atoms with van der Waals surface area (Å²) < 4.78 is 0.766. The SMILES string of the molecule is CC(Nc1cccnc1Br)c1ccccc1O. The van der Waals surface area contributed by atoms with Crippen LogP contribution in [0.25, 0.3) is 0 Å². The van der Waals surface area contributed by atoms with Crippen LogP contribution in [0, 0.1) is 0 Å². The normalized spacial score (nSPS) is 12.1. The van der Waals surface area contributed by atoms with Crippen LogP contribution in [0.5, 0.6) is 5.75 Å². The van der Waals surface area contributed by atoms with Gasteiger partial charge in [0.25, 0.3) is 0 Å². The number of halogens is 1. The topological polar surface area (TPSA) is 45.2 Å². The van der Waals surface area contributed by atoms with Gasteiger partial charge >= 0.3 is 0 Å². The smallest absolute Gasteiger partial charge is 0.129 e. The number of aromatic hydroxyl groups is 1. The first-order chi connectivity index (χ1) is 8.18. The minimum absolute atomic E-state index is 0.0108. The Morgan fingerprint density at radius 3 is 2.71 bits per heavy atom. The summed E-state index contributed by atoms with van der Waals surface area (Å²) in [5.41, 5.74) is 1.77. The fraction of sp³-hybridized carbons (Fsp3) is 0.154. The third kappa shape index (κ3) is 2.77. The first-order valence-electron chi connectivity index (χ1n) is 5.33. The fourth-order valence-electron chi connectivity index (χ4n) is 1.66. The highest BCUT2D eigenvalue weighted by Crippen LogP contribution is 2.28. The lowest BCUT2D eigenvalue weighted by Gasteiger charge is -2.17. The maximum absolute atomic E-state index is 9.76. The highest BCUT2D eigenvalue weighted by molar-refractivity contribution is 9.10. The molecule has 2 rings (SSSR count). The van der Waals surface area contributed by atoms with Gasteiger partial charge in [0.15, 0.2) is 0 Å². The molecule has 1 unspecified atom stereocenters. The number of pyridine rings is 1. The van der Waals surface area contributed by atoms with Gasteiger partial charge in [0.05, 0.1) is 11.7 Å². The van der Waals surface area contributed by atoms with Crippen molar-refractivity contribution in [2.75, 3.05) is 5.32 Å². The molecule has 0 amide bonds. The van der Waals surface area contributed by atoms with E-state index in [1.807, 2.05) is 37.3 Å². The van der Waals surface area contributed by atoms with E-state index in [2.05, 4.69) is 26.2 Å². The van der Waals surface area contributed by atoms with Gasteiger partial charge in [-0.2, -0.15) is 0 Å². The van der Waals surface area contributed by atoms with E-state index in [1.165, 1.54) is 0 Å². The van der Waals surface area contributed by atoms with Crippen LogP contribution >= 0.6 is 15.9 Å². The number of hydrogen-bond donors (Lipinski definition) is 2. The van der Waals surface area contributed by atoms with Gasteiger partial charge in [-0.25, -0.2) is 4.98 Å². The lowest BCUT2D eigenvalue weighted by atomic mass is 10.1. The maximum Gasteiger partial charge on any atom is 0.129 e. The highest BCUT2D eigenvalue weighted by Gasteiger charge is 2.10. The largest absolute Gasteiger partial charge is 0.508 e. The van der Waals surface area contributed by atoms with E-state index in [0.29, 0.717) is 5.75 Å². The molecule has 1 atom stereocenters. The number of anilines is 1. The summed E-state index contributed by atoms with van der Waals surface area (Å²) in [4.78, 5) is 4.14. The van der Waals surface area contributed by atoms with E-state index < -0.39 is 0 Å². The summed E-state index contributed by atoms with van der Waals surface area (Å²) >= 11 is 3.38. The number of aromatic nitrogens is 1. The monoisotopic (exact) mass is 292 g/mol. The zero-order valence-corrected chi connectivity index (χ0v) is 11.0. The zero-order valence-electron chi connectivity index (χ0n) is 9.39. The molecular weight excluding hydrogens is 280 g/mol. The number of para-hydroxylation sites is 1. The number of nitrogens with zero attached hydrogens (tertiary/aromatic N) is 1. The van der Waals surface area contributed by atoms with Crippen LogP contribution in [0.3, 0.4) is 0 Å². The van der Waals surface area contributed by atoms with Gasteiger partial charge in [-0.3, -0.25) is 0 Å². The van der Waals surface area contributed by atoms with Crippen molar-refractivity contribution in [3.8, 4) is 5.75 Å². The molecule has 1 heterocycles. The van der Waals surface area contributed by atoms with Gasteiger partial charge in [0, 0.05) is 11.8 Å². The molecule has 3 nitrogen and oxygen atoms in total. The zero-order chi connectivity index (χ0) is 12.3. The average Bonchev–Trinajstić information content (AvgIpc) is 2.32. The first-order valence-corrected chi connectivity index (χ1v) is 6.12. The predicted octanol–water partition coefficient (Wildman–Crippen LogP) is 3.72. The molecule has 0 spiro atoms. The van der Waals surface area contributed by atoms with Crippen molar-refractivity contribution >= 4 is 21.6 Å². The van der Waals surface area contributed by atoms with Crippen molar-refractivity contribution in [1.29, 1.82) is 0 Å². The summed E-state index contributed by atoms with van der Waals surface area (Å²) in [7, 11) is 0. The lowest BCUT2D eigenvalue weighted by molar-refractivity contribution is 0.465. The van der Waals surface area contributed by atoms with Crippen molar-refractivity contribution in [2.45, 2.75) is 13.0 Å². The Labute approximate surface area is 109 Å². The van der Waals surface area contributed by atoms with Crippen LogP contribution in [0.15, 0.2) is 47.2 Å². The Morgan fingerprint density at radius 2 is 2.00 bits per heavy atom. The van der Waals surface area contributed by atoms with E-state index >= 15 is 0 Å². The summed E-state index contributed by atoms with van der Waals surface area (Å²) in [6, 6.07) is 11.1. The molecule has 0 fully saturated rings. The van der Waals surface area contributed by atoms with Crippen molar-refractivity contribution in [2.24, 2.45) is 0 Å². The molecule has 2 N–H and O–H groups in total. The van der Waals surface area contributed by atoms with E-state index in [4.69, 9.17) is 0 Å². The molecule has 0 aliphatic carbocycles. The molecule has 1 aromatic carbocycles. The van der Waals surface area contributed by atoms with Crippen molar-refractivity contribution < 1.29 is 5.11 Å². The Morgan fingerprint density at radius 1 is 1.24 bits per heavy atom. The third-order valence-electron chi connectivity index (χ3n) is 2.53. The molecule has 0 aliphatic rings. The highest BCUT2D eigenvalue weighted by atomic mass is 79.9. The van der Waals surface area contributed by atoms with Crippen LogP contribution in [0.4, 0.5) is 5.69 Å². The summed E-state index contributed by atoms with van der Waals surface area (Å²) in [5, 5.41) is 13.1. The number of nitrogens with one attached hydrogen (secondary N) is 1. The van der Waals surface area contributed by atoms with Crippen molar-refractivity contribution in [3.63, 3.8) is 0 Å². The van der Waals surface area contributed by atoms with E-state index in [-0.39, 0.29) is 6.04 Å². The van der Waals surface area contributed by atoms with E-state index in [1.54, 1.807) is 12.3 Å². The third-order valence-corrected chi connectivity index (χ3v) is 3.17. The molecule has 2 aromatic rings. The molecular formula is C13H13BrN2O. The second-order valence-corrected chi connectivity index (χ2v) is 4.52. The van der Waals surface area contributed by atoms with Crippen molar-refractivity contribution in [3.05, 3.63) is 52.8 Å². The second kappa shape index (κ2) is 5.19. The number of benzene rings is 1. The Balaban J connectivity index is 2.20. The number of phenolic OH excluding ortho intramolecular Hbond substituents is 1. The fourth-order valence-corrected chi connectivity index (χ4v) is 2.02. The van der Waals surface area contributed by atoms with Crippen LogP contribution in [0.1, 0.15) is 18.5 Å². The Kier molecular flexibility index (Phi) is 3.64. The molecule has 17 heavy (non-hydrogen) atoms. The Bertz CT molecular complexity index is 516. The van der Waals surface area contributed by atoms with Crippen molar-refractivity contribution in [1.82, 2.24) is 4.98 Å². The molecule has 88 valence electrons. The summed E-state index contributed by atoms with van der Waals surface area (Å²) in [6.45, 7) is 1.99. The van der Waals surface area contributed by atoms with Gasteiger partial charge in [-0.15, -0.1) is 0 Å². The number of phenols is 1. The summed E-state index contributed by atoms with van der Waals surface area (Å²) in [5.74, 6) is 0.299. The molecule has 0 saturated carbocycles. The standard InChI is InChI=1S/C13H13BrN2O/c1-9(10-5-2-3-7-12(10)17)16-11-6-4-8-15-13(11)14/h2-9,16-17H,1H3. The predicted molar refractivity (Wildman–Crippen MR) is 72.1 cm³/mol. The van der Waals surface area contributed by atoms with Gasteiger partial charge in [0.2, 0.25) is 0 Å². The van der Waals surface area contributed by atoms with E-state index in [0.717, 1.165) is 15.9 Å². The van der Waals surface area contributed by atoms with Crippen LogP contribution in [-0.4, -0.2) is 10.1 Å². The minimum Gasteiger partial charge on any atom is -0.508 e. The molecule has 4 heteroatoms. The maximum atomic E-state index is 9.76. The molecule has 0 saturated heterocycles.